The molecule has 4 nitrogen and oxygen atoms in total. The number of hydrogen-bond acceptors (Lipinski definition) is 4. The van der Waals surface area contributed by atoms with Gasteiger partial charge in [0.15, 0.2) is 0 Å². The van der Waals surface area contributed by atoms with Crippen LogP contribution in [0.25, 0.3) is 10.9 Å². The number of benzene rings is 1. The number of nitrogens with zero attached hydrogens (tertiary/aromatic N) is 2. The zero-order valence-corrected chi connectivity index (χ0v) is 7.90. The third-order valence-corrected chi connectivity index (χ3v) is 1.90. The van der Waals surface area contributed by atoms with E-state index in [1.54, 1.807) is 0 Å². The van der Waals surface area contributed by atoms with Gasteiger partial charge in [0.2, 0.25) is 5.88 Å². The maximum Gasteiger partial charge on any atom is 0.224 e. The molecule has 2 N–H and O–H groups in total. The molecule has 0 spiro atoms. The monoisotopic (exact) mass is 189 g/mol. The van der Waals surface area contributed by atoms with Gasteiger partial charge in [-0.2, -0.15) is 0 Å². The number of fused-ring (bicyclic) bond motifs is 1. The molecule has 0 aliphatic heterocycles. The molecule has 0 aliphatic carbocycles. The summed E-state index contributed by atoms with van der Waals surface area (Å²) in [5.41, 5.74) is 7.21. The molecule has 72 valence electrons. The molecule has 0 radical (unpaired) electrons. The summed E-state index contributed by atoms with van der Waals surface area (Å²) in [5, 5.41) is 0.856. The molecular formula is C10H11N3O. The second kappa shape index (κ2) is 3.49. The Labute approximate surface area is 81.7 Å². The van der Waals surface area contributed by atoms with Crippen LogP contribution in [-0.4, -0.2) is 16.6 Å². The Hall–Kier alpha value is -1.84. The van der Waals surface area contributed by atoms with Crippen molar-refractivity contribution in [3.63, 3.8) is 0 Å². The Bertz CT molecular complexity index is 456. The Morgan fingerprint density at radius 2 is 2.21 bits per heavy atom. The van der Waals surface area contributed by atoms with Crippen LogP contribution in [0.1, 0.15) is 6.92 Å². The molecule has 0 saturated heterocycles. The molecule has 1 aromatic heterocycles. The van der Waals surface area contributed by atoms with Gasteiger partial charge in [0.05, 0.1) is 17.5 Å². The third-order valence-electron chi connectivity index (χ3n) is 1.90. The average Bonchev–Trinajstić information content (AvgIpc) is 2.19. The lowest BCUT2D eigenvalue weighted by Gasteiger charge is -2.05. The molecule has 0 aliphatic rings. The molecule has 2 rings (SSSR count). The van der Waals surface area contributed by atoms with Crippen molar-refractivity contribution in [3.8, 4) is 5.88 Å². The first kappa shape index (κ1) is 8.74. The van der Waals surface area contributed by atoms with Crippen LogP contribution < -0.4 is 10.5 Å². The third kappa shape index (κ3) is 1.46. The Kier molecular flexibility index (Phi) is 2.18. The number of nitrogen functional groups attached to an aromatic ring is 1. The first-order chi connectivity index (χ1) is 6.81. The minimum absolute atomic E-state index is 0.584. The summed E-state index contributed by atoms with van der Waals surface area (Å²) < 4.78 is 5.37. The van der Waals surface area contributed by atoms with E-state index in [1.807, 2.05) is 25.1 Å². The maximum atomic E-state index is 5.68. The summed E-state index contributed by atoms with van der Waals surface area (Å²) in [6.45, 7) is 2.50. The SMILES string of the molecule is CCOc1ncnc2ccc(N)cc12. The number of rotatable bonds is 2. The number of anilines is 1. The van der Waals surface area contributed by atoms with E-state index in [4.69, 9.17) is 10.5 Å². The minimum Gasteiger partial charge on any atom is -0.477 e. The normalized spacial score (nSPS) is 10.4. The van der Waals surface area contributed by atoms with Crippen LogP contribution in [0.4, 0.5) is 5.69 Å². The number of nitrogens with two attached hydrogens (primary N) is 1. The first-order valence-corrected chi connectivity index (χ1v) is 4.44. The number of hydrogen-bond donors (Lipinski definition) is 1. The summed E-state index contributed by atoms with van der Waals surface area (Å²) in [5.74, 6) is 0.588. The van der Waals surface area contributed by atoms with Crippen molar-refractivity contribution in [2.24, 2.45) is 0 Å². The van der Waals surface area contributed by atoms with Gasteiger partial charge in [0.25, 0.3) is 0 Å². The lowest BCUT2D eigenvalue weighted by Crippen LogP contribution is -1.96. The lowest BCUT2D eigenvalue weighted by molar-refractivity contribution is 0.331. The molecule has 0 unspecified atom stereocenters. The lowest BCUT2D eigenvalue weighted by atomic mass is 10.2. The molecule has 0 bridgehead atoms. The first-order valence-electron chi connectivity index (χ1n) is 4.44. The highest BCUT2D eigenvalue weighted by Gasteiger charge is 2.03. The van der Waals surface area contributed by atoms with Crippen LogP contribution >= 0.6 is 0 Å². The van der Waals surface area contributed by atoms with Gasteiger partial charge in [-0.3, -0.25) is 0 Å². The van der Waals surface area contributed by atoms with Crippen molar-refractivity contribution in [1.29, 1.82) is 0 Å². The van der Waals surface area contributed by atoms with Gasteiger partial charge < -0.3 is 10.5 Å². The fourth-order valence-electron chi connectivity index (χ4n) is 1.30. The van der Waals surface area contributed by atoms with E-state index in [9.17, 15) is 0 Å². The second-order valence-electron chi connectivity index (χ2n) is 2.89. The van der Waals surface area contributed by atoms with Crippen LogP contribution in [0.15, 0.2) is 24.5 Å². The van der Waals surface area contributed by atoms with E-state index in [0.717, 1.165) is 10.9 Å². The summed E-state index contributed by atoms with van der Waals surface area (Å²) in [7, 11) is 0. The smallest absolute Gasteiger partial charge is 0.224 e. The molecule has 0 atom stereocenters. The van der Waals surface area contributed by atoms with Gasteiger partial charge in [0.1, 0.15) is 6.33 Å². The highest BCUT2D eigenvalue weighted by atomic mass is 16.5. The Balaban J connectivity index is 2.64. The molecule has 0 amide bonds. The topological polar surface area (TPSA) is 61.0 Å². The van der Waals surface area contributed by atoms with Crippen molar-refractivity contribution >= 4 is 16.6 Å². The van der Waals surface area contributed by atoms with Crippen molar-refractivity contribution in [1.82, 2.24) is 9.97 Å². The van der Waals surface area contributed by atoms with E-state index < -0.39 is 0 Å². The molecule has 1 heterocycles. The van der Waals surface area contributed by atoms with Crippen LogP contribution in [0.5, 0.6) is 5.88 Å². The van der Waals surface area contributed by atoms with Gasteiger partial charge in [-0.05, 0) is 25.1 Å². The van der Waals surface area contributed by atoms with Gasteiger partial charge >= 0.3 is 0 Å². The maximum absolute atomic E-state index is 5.68. The van der Waals surface area contributed by atoms with Crippen molar-refractivity contribution in [2.45, 2.75) is 6.92 Å². The van der Waals surface area contributed by atoms with Crippen molar-refractivity contribution in [2.75, 3.05) is 12.3 Å². The molecule has 0 fully saturated rings. The highest BCUT2D eigenvalue weighted by Crippen LogP contribution is 2.23. The zero-order valence-electron chi connectivity index (χ0n) is 7.90. The van der Waals surface area contributed by atoms with Gasteiger partial charge in [-0.15, -0.1) is 0 Å². The van der Waals surface area contributed by atoms with E-state index in [0.29, 0.717) is 18.2 Å². The minimum atomic E-state index is 0.584. The van der Waals surface area contributed by atoms with Crippen LogP contribution in [0.2, 0.25) is 0 Å². The summed E-state index contributed by atoms with van der Waals surface area (Å²) in [6.07, 6.45) is 1.49. The standard InChI is InChI=1S/C10H11N3O/c1-2-14-10-8-5-7(11)3-4-9(8)12-6-13-10/h3-6H,2,11H2,1H3. The van der Waals surface area contributed by atoms with E-state index in [2.05, 4.69) is 9.97 Å². The van der Waals surface area contributed by atoms with Crippen LogP contribution in [0.3, 0.4) is 0 Å². The quantitative estimate of drug-likeness (QED) is 0.729. The average molecular weight is 189 g/mol. The van der Waals surface area contributed by atoms with E-state index >= 15 is 0 Å². The predicted molar refractivity (Wildman–Crippen MR) is 55.1 cm³/mol. The second-order valence-corrected chi connectivity index (χ2v) is 2.89. The largest absolute Gasteiger partial charge is 0.477 e. The molecular weight excluding hydrogens is 178 g/mol. The molecule has 2 aromatic rings. The van der Waals surface area contributed by atoms with Gasteiger partial charge in [-0.25, -0.2) is 9.97 Å². The van der Waals surface area contributed by atoms with Gasteiger partial charge in [0, 0.05) is 5.69 Å². The van der Waals surface area contributed by atoms with Crippen molar-refractivity contribution in [3.05, 3.63) is 24.5 Å². The van der Waals surface area contributed by atoms with E-state index in [1.165, 1.54) is 6.33 Å². The fraction of sp³-hybridized carbons (Fsp3) is 0.200. The van der Waals surface area contributed by atoms with E-state index in [-0.39, 0.29) is 0 Å². The summed E-state index contributed by atoms with van der Waals surface area (Å²) >= 11 is 0. The summed E-state index contributed by atoms with van der Waals surface area (Å²) in [4.78, 5) is 8.17. The predicted octanol–water partition coefficient (Wildman–Crippen LogP) is 1.61. The highest BCUT2D eigenvalue weighted by molar-refractivity contribution is 5.85. The van der Waals surface area contributed by atoms with Gasteiger partial charge in [-0.1, -0.05) is 0 Å². The molecule has 1 aromatic carbocycles. The molecule has 4 heteroatoms. The Morgan fingerprint density at radius 3 is 3.00 bits per heavy atom. The summed E-state index contributed by atoms with van der Waals surface area (Å²) in [6, 6.07) is 5.49. The molecule has 0 saturated carbocycles. The Morgan fingerprint density at radius 1 is 1.36 bits per heavy atom. The van der Waals surface area contributed by atoms with Crippen LogP contribution in [-0.2, 0) is 0 Å². The van der Waals surface area contributed by atoms with Crippen molar-refractivity contribution < 1.29 is 4.74 Å². The van der Waals surface area contributed by atoms with Crippen LogP contribution in [0, 0.1) is 0 Å². The number of ether oxygens (including phenoxy) is 1. The zero-order chi connectivity index (χ0) is 9.97. The molecule has 14 heavy (non-hydrogen) atoms. The number of aromatic nitrogens is 2. The fourth-order valence-corrected chi connectivity index (χ4v) is 1.30.